The van der Waals surface area contributed by atoms with Crippen LogP contribution in [0.3, 0.4) is 0 Å². The Morgan fingerprint density at radius 2 is 2.28 bits per heavy atom. The second-order valence-electron chi connectivity index (χ2n) is 4.77. The Hall–Kier alpha value is -1.85. The van der Waals surface area contributed by atoms with Crippen molar-refractivity contribution in [3.63, 3.8) is 0 Å². The van der Waals surface area contributed by atoms with Gasteiger partial charge in [-0.2, -0.15) is 5.10 Å². The average Bonchev–Trinajstić information content (AvgIpc) is 2.87. The number of aromatic nitrogens is 2. The average molecular weight is 251 g/mol. The second-order valence-corrected chi connectivity index (χ2v) is 4.77. The Balaban J connectivity index is 2.03. The van der Waals surface area contributed by atoms with E-state index in [1.807, 2.05) is 6.92 Å². The van der Waals surface area contributed by atoms with E-state index in [0.717, 1.165) is 12.1 Å². The number of carboxylic acids is 1. The van der Waals surface area contributed by atoms with E-state index in [9.17, 15) is 9.59 Å². The van der Waals surface area contributed by atoms with E-state index in [0.29, 0.717) is 18.7 Å². The van der Waals surface area contributed by atoms with Gasteiger partial charge in [-0.25, -0.2) is 0 Å². The van der Waals surface area contributed by atoms with Crippen LogP contribution < -0.4 is 0 Å². The van der Waals surface area contributed by atoms with Crippen LogP contribution in [0.25, 0.3) is 0 Å². The summed E-state index contributed by atoms with van der Waals surface area (Å²) in [6, 6.07) is 0. The van der Waals surface area contributed by atoms with Gasteiger partial charge in [0.15, 0.2) is 0 Å². The molecule has 2 rings (SSSR count). The molecule has 1 fully saturated rings. The summed E-state index contributed by atoms with van der Waals surface area (Å²) < 4.78 is 1.66. The number of nitrogens with zero attached hydrogens (tertiary/aromatic N) is 3. The van der Waals surface area contributed by atoms with Crippen LogP contribution >= 0.6 is 0 Å². The molecule has 0 bridgehead atoms. The number of carbonyl (C=O) groups excluding carboxylic acids is 1. The molecular weight excluding hydrogens is 234 g/mol. The van der Waals surface area contributed by atoms with Gasteiger partial charge in [-0.3, -0.25) is 14.3 Å². The third kappa shape index (κ3) is 2.37. The number of carboxylic acid groups (broad SMARTS) is 1. The van der Waals surface area contributed by atoms with Gasteiger partial charge in [0.2, 0.25) is 0 Å². The summed E-state index contributed by atoms with van der Waals surface area (Å²) in [5.74, 6) is -0.774. The third-order valence-corrected chi connectivity index (χ3v) is 3.50. The number of hydrogen-bond acceptors (Lipinski definition) is 3. The zero-order chi connectivity index (χ0) is 13.3. The largest absolute Gasteiger partial charge is 0.481 e. The van der Waals surface area contributed by atoms with E-state index in [2.05, 4.69) is 5.10 Å². The minimum absolute atomic E-state index is 0.0477. The minimum atomic E-state index is -0.799. The first-order valence-corrected chi connectivity index (χ1v) is 5.98. The third-order valence-electron chi connectivity index (χ3n) is 3.50. The maximum absolute atomic E-state index is 12.2. The first-order chi connectivity index (χ1) is 8.49. The normalized spacial score (nSPS) is 19.2. The minimum Gasteiger partial charge on any atom is -0.481 e. The predicted octanol–water partition coefficient (Wildman–Crippen LogP) is 0.665. The Morgan fingerprint density at radius 3 is 2.83 bits per heavy atom. The number of carbonyl (C=O) groups is 2. The fourth-order valence-corrected chi connectivity index (χ4v) is 2.31. The van der Waals surface area contributed by atoms with Crippen LogP contribution in [0.4, 0.5) is 0 Å². The lowest BCUT2D eigenvalue weighted by Gasteiger charge is -2.15. The maximum atomic E-state index is 12.2. The van der Waals surface area contributed by atoms with E-state index in [1.54, 1.807) is 22.8 Å². The van der Waals surface area contributed by atoms with Gasteiger partial charge in [0.05, 0.1) is 11.8 Å². The molecule has 1 amide bonds. The number of hydrogen-bond donors (Lipinski definition) is 1. The van der Waals surface area contributed by atoms with Crippen LogP contribution in [0.5, 0.6) is 0 Å². The molecule has 6 heteroatoms. The van der Waals surface area contributed by atoms with E-state index < -0.39 is 5.97 Å². The first kappa shape index (κ1) is 12.6. The lowest BCUT2D eigenvalue weighted by molar-refractivity contribution is -0.138. The molecule has 1 aromatic rings. The highest BCUT2D eigenvalue weighted by atomic mass is 16.4. The SMILES string of the molecule is Cc1c(C(=O)N2CCC(CC(=O)O)C2)cnn1C. The molecule has 0 saturated carbocycles. The van der Waals surface area contributed by atoms with Crippen molar-refractivity contribution in [2.24, 2.45) is 13.0 Å². The van der Waals surface area contributed by atoms with Gasteiger partial charge in [0.25, 0.3) is 5.91 Å². The maximum Gasteiger partial charge on any atom is 0.303 e. The Bertz CT molecular complexity index is 481. The van der Waals surface area contributed by atoms with Gasteiger partial charge >= 0.3 is 5.97 Å². The fourth-order valence-electron chi connectivity index (χ4n) is 2.31. The molecule has 1 aliphatic heterocycles. The van der Waals surface area contributed by atoms with Crippen molar-refractivity contribution in [2.75, 3.05) is 13.1 Å². The summed E-state index contributed by atoms with van der Waals surface area (Å²) >= 11 is 0. The van der Waals surface area contributed by atoms with Crippen molar-refractivity contribution < 1.29 is 14.7 Å². The summed E-state index contributed by atoms with van der Waals surface area (Å²) in [4.78, 5) is 24.6. The number of amides is 1. The quantitative estimate of drug-likeness (QED) is 0.856. The molecule has 2 heterocycles. The molecule has 1 aliphatic rings. The highest BCUT2D eigenvalue weighted by molar-refractivity contribution is 5.95. The molecule has 98 valence electrons. The first-order valence-electron chi connectivity index (χ1n) is 5.98. The van der Waals surface area contributed by atoms with Crippen LogP contribution in [-0.2, 0) is 11.8 Å². The van der Waals surface area contributed by atoms with Crippen molar-refractivity contribution in [3.8, 4) is 0 Å². The second kappa shape index (κ2) is 4.80. The van der Waals surface area contributed by atoms with Crippen molar-refractivity contribution >= 4 is 11.9 Å². The number of aryl methyl sites for hydroxylation is 1. The van der Waals surface area contributed by atoms with Crippen LogP contribution in [0.15, 0.2) is 6.20 Å². The standard InChI is InChI=1S/C12H17N3O3/c1-8-10(6-13-14(8)2)12(18)15-4-3-9(7-15)5-11(16)17/h6,9H,3-5,7H2,1-2H3,(H,16,17). The van der Waals surface area contributed by atoms with Gasteiger partial charge in [-0.05, 0) is 19.3 Å². The molecule has 0 spiro atoms. The lowest BCUT2D eigenvalue weighted by Crippen LogP contribution is -2.29. The summed E-state index contributed by atoms with van der Waals surface area (Å²) in [6.07, 6.45) is 2.47. The number of aliphatic carboxylic acids is 1. The van der Waals surface area contributed by atoms with Gasteiger partial charge in [-0.1, -0.05) is 0 Å². The summed E-state index contributed by atoms with van der Waals surface area (Å²) in [5, 5.41) is 12.8. The van der Waals surface area contributed by atoms with Crippen LogP contribution in [0, 0.1) is 12.8 Å². The molecule has 1 atom stereocenters. The van der Waals surface area contributed by atoms with E-state index >= 15 is 0 Å². The van der Waals surface area contributed by atoms with Crippen LogP contribution in [0.1, 0.15) is 28.9 Å². The zero-order valence-electron chi connectivity index (χ0n) is 10.6. The molecule has 0 radical (unpaired) electrons. The fraction of sp³-hybridized carbons (Fsp3) is 0.583. The van der Waals surface area contributed by atoms with Crippen molar-refractivity contribution in [1.29, 1.82) is 0 Å². The lowest BCUT2D eigenvalue weighted by atomic mass is 10.1. The molecule has 1 N–H and O–H groups in total. The van der Waals surface area contributed by atoms with Crippen molar-refractivity contribution in [2.45, 2.75) is 19.8 Å². The topological polar surface area (TPSA) is 75.4 Å². The van der Waals surface area contributed by atoms with E-state index in [1.165, 1.54) is 0 Å². The summed E-state index contributed by atoms with van der Waals surface area (Å²) in [5.41, 5.74) is 1.44. The Kier molecular flexibility index (Phi) is 3.36. The molecule has 18 heavy (non-hydrogen) atoms. The van der Waals surface area contributed by atoms with Gasteiger partial charge < -0.3 is 10.0 Å². The number of likely N-dealkylation sites (tertiary alicyclic amines) is 1. The monoisotopic (exact) mass is 251 g/mol. The van der Waals surface area contributed by atoms with Gasteiger partial charge in [0.1, 0.15) is 0 Å². The van der Waals surface area contributed by atoms with Crippen molar-refractivity contribution in [3.05, 3.63) is 17.5 Å². The Labute approximate surface area is 105 Å². The van der Waals surface area contributed by atoms with Crippen molar-refractivity contribution in [1.82, 2.24) is 14.7 Å². The smallest absolute Gasteiger partial charge is 0.303 e. The molecule has 1 unspecified atom stereocenters. The predicted molar refractivity (Wildman–Crippen MR) is 64.2 cm³/mol. The van der Waals surface area contributed by atoms with Crippen LogP contribution in [-0.4, -0.2) is 44.8 Å². The van der Waals surface area contributed by atoms with Gasteiger partial charge in [-0.15, -0.1) is 0 Å². The summed E-state index contributed by atoms with van der Waals surface area (Å²) in [7, 11) is 1.79. The molecular formula is C12H17N3O3. The Morgan fingerprint density at radius 1 is 1.56 bits per heavy atom. The molecule has 0 aromatic carbocycles. The molecule has 6 nitrogen and oxygen atoms in total. The van der Waals surface area contributed by atoms with E-state index in [4.69, 9.17) is 5.11 Å². The molecule has 1 aromatic heterocycles. The highest BCUT2D eigenvalue weighted by Crippen LogP contribution is 2.22. The number of rotatable bonds is 3. The zero-order valence-corrected chi connectivity index (χ0v) is 10.6. The van der Waals surface area contributed by atoms with Crippen LogP contribution in [0.2, 0.25) is 0 Å². The molecule has 0 aliphatic carbocycles. The summed E-state index contributed by atoms with van der Waals surface area (Å²) in [6.45, 7) is 3.01. The molecule has 1 saturated heterocycles. The van der Waals surface area contributed by atoms with E-state index in [-0.39, 0.29) is 18.2 Å². The highest BCUT2D eigenvalue weighted by Gasteiger charge is 2.29. The van der Waals surface area contributed by atoms with Gasteiger partial charge in [0, 0.05) is 32.3 Å².